The number of halogens is 2. The van der Waals surface area contributed by atoms with E-state index in [0.717, 1.165) is 6.42 Å². The Morgan fingerprint density at radius 2 is 1.47 bits per heavy atom. The Kier molecular flexibility index (Phi) is 14.1. The van der Waals surface area contributed by atoms with Crippen molar-refractivity contribution in [3.05, 3.63) is 130 Å². The molecule has 45 heavy (non-hydrogen) atoms. The molecule has 0 N–H and O–H groups in total. The van der Waals surface area contributed by atoms with Gasteiger partial charge in [-0.25, -0.2) is 5.57 Å². The van der Waals surface area contributed by atoms with Gasteiger partial charge in [0.2, 0.25) is 0 Å². The van der Waals surface area contributed by atoms with E-state index in [1.807, 2.05) is 0 Å². The van der Waals surface area contributed by atoms with Gasteiger partial charge in [0.05, 0.1) is 0 Å². The summed E-state index contributed by atoms with van der Waals surface area (Å²) in [5, 5.41) is 2.69. The zero-order chi connectivity index (χ0) is 31.5. The quantitative estimate of drug-likeness (QED) is 0.222. The van der Waals surface area contributed by atoms with Gasteiger partial charge < -0.3 is 24.8 Å². The third-order valence-electron chi connectivity index (χ3n) is 8.37. The van der Waals surface area contributed by atoms with Gasteiger partial charge in [-0.15, -0.1) is 11.1 Å². The summed E-state index contributed by atoms with van der Waals surface area (Å²) in [7, 11) is 0. The molecule has 0 saturated heterocycles. The van der Waals surface area contributed by atoms with Crippen molar-refractivity contribution in [2.24, 2.45) is 11.8 Å². The second-order valence-corrected chi connectivity index (χ2v) is 15.1. The molecule has 4 aromatic carbocycles. The van der Waals surface area contributed by atoms with E-state index in [-0.39, 0.29) is 35.6 Å². The Bertz CT molecular complexity index is 1610. The molecule has 0 aromatic heterocycles. The average Bonchev–Trinajstić information content (AvgIpc) is 3.50. The van der Waals surface area contributed by atoms with Crippen LogP contribution in [0.2, 0.25) is 0 Å². The van der Waals surface area contributed by atoms with Crippen LogP contribution in [0.5, 0.6) is 0 Å². The number of fused-ring (bicyclic) bond motifs is 4. The minimum atomic E-state index is 0. The molecule has 236 valence electrons. The van der Waals surface area contributed by atoms with Crippen LogP contribution in [-0.4, -0.2) is 3.71 Å². The first-order valence-electron chi connectivity index (χ1n) is 15.7. The fourth-order valence-electron chi connectivity index (χ4n) is 5.89. The van der Waals surface area contributed by atoms with Gasteiger partial charge >= 0.3 is 86.7 Å². The first kappa shape index (κ1) is 39.1. The summed E-state index contributed by atoms with van der Waals surface area (Å²) in [6.45, 7) is 22.4. The van der Waals surface area contributed by atoms with Gasteiger partial charge in [-0.2, -0.15) is 35.4 Å². The average molecular weight is 715 g/mol. The van der Waals surface area contributed by atoms with Crippen LogP contribution in [0.25, 0.3) is 21.9 Å². The van der Waals surface area contributed by atoms with Crippen molar-refractivity contribution < 1.29 is 49.0 Å². The van der Waals surface area contributed by atoms with E-state index in [4.69, 9.17) is 0 Å². The molecule has 1 atom stereocenters. The molecule has 2 aliphatic rings. The van der Waals surface area contributed by atoms with E-state index >= 15 is 0 Å². The van der Waals surface area contributed by atoms with Gasteiger partial charge in [-0.3, -0.25) is 6.08 Å². The molecule has 6 rings (SSSR count). The number of hydrogen-bond donors (Lipinski definition) is 0. The van der Waals surface area contributed by atoms with E-state index < -0.39 is 0 Å². The van der Waals surface area contributed by atoms with E-state index in [1.165, 1.54) is 85.1 Å². The van der Waals surface area contributed by atoms with Crippen molar-refractivity contribution in [2.75, 3.05) is 0 Å². The fourth-order valence-corrected chi connectivity index (χ4v) is 6.51. The second kappa shape index (κ2) is 16.2. The first-order chi connectivity index (χ1) is 20.2. The van der Waals surface area contributed by atoms with Crippen molar-refractivity contribution in [1.82, 2.24) is 0 Å². The standard InChI is InChI=1S/C21H25.C11H8.C10H15.2ClH.Zr/c1-20(2,3)16-7-9-18-14(12-16)11-15-13-17(21(4,5)6)8-10-19(15)18;1-9-5-4-7-10-6-2-3-8-11(9)10;1-7(2)10-6-8(3)5-9(10)4;;;/h7-10,12H,11H2,1-6H3;1-8H;6-8H,1-4H3;2*1H;/q-1;;-1;;;+2/p-2. The molecule has 0 spiro atoms. The summed E-state index contributed by atoms with van der Waals surface area (Å²) in [4.78, 5) is 0. The zero-order valence-corrected chi connectivity index (χ0v) is 32.7. The molecule has 2 aliphatic carbocycles. The fraction of sp³-hybridized carbons (Fsp3) is 0.357. The van der Waals surface area contributed by atoms with Crippen LogP contribution >= 0.6 is 0 Å². The van der Waals surface area contributed by atoms with Crippen LogP contribution in [0.4, 0.5) is 0 Å². The summed E-state index contributed by atoms with van der Waals surface area (Å²) in [5.74, 6) is 1.20. The molecule has 0 fully saturated rings. The van der Waals surface area contributed by atoms with Crippen LogP contribution in [0.3, 0.4) is 0 Å². The van der Waals surface area contributed by atoms with Gasteiger partial charge in [0.25, 0.3) is 0 Å². The van der Waals surface area contributed by atoms with Crippen molar-refractivity contribution >= 4 is 14.5 Å². The molecule has 4 aromatic rings. The summed E-state index contributed by atoms with van der Waals surface area (Å²) < 4.78 is 2.23. The molecule has 0 radical (unpaired) electrons. The van der Waals surface area contributed by atoms with E-state index in [2.05, 4.69) is 164 Å². The number of benzene rings is 4. The van der Waals surface area contributed by atoms with Gasteiger partial charge in [-0.1, -0.05) is 105 Å². The van der Waals surface area contributed by atoms with Crippen molar-refractivity contribution in [2.45, 2.75) is 86.5 Å². The van der Waals surface area contributed by atoms with Crippen LogP contribution in [0, 0.1) is 24.0 Å². The molecule has 1 unspecified atom stereocenters. The Balaban J connectivity index is 0.000000251. The van der Waals surface area contributed by atoms with Crippen LogP contribution in [0.15, 0.2) is 90.0 Å². The topological polar surface area (TPSA) is 0 Å². The molecule has 0 bridgehead atoms. The maximum atomic E-state index is 3.67. The second-order valence-electron chi connectivity index (χ2n) is 14.4. The van der Waals surface area contributed by atoms with Crippen molar-refractivity contribution in [1.29, 1.82) is 0 Å². The monoisotopic (exact) mass is 712 g/mol. The van der Waals surface area contributed by atoms with E-state index in [0.29, 0.717) is 11.8 Å². The van der Waals surface area contributed by atoms with Crippen LogP contribution in [0.1, 0.15) is 97.1 Å². The maximum absolute atomic E-state index is 3.67. The SMILES string of the molecule is CC(C)(C)c1[c-]c2c(cc1)-c1ccc(C(C)(C)C)cc1C2.CC1=[C-]C(C)C=C1C(C)C.[Cl-].[Cl-].[Zr+2]=[CH]c1cccc2ccccc12. The summed E-state index contributed by atoms with van der Waals surface area (Å²) in [6.07, 6.45) is 6.70. The van der Waals surface area contributed by atoms with Crippen LogP contribution < -0.4 is 24.8 Å². The predicted molar refractivity (Wildman–Crippen MR) is 185 cm³/mol. The molecule has 0 heterocycles. The van der Waals surface area contributed by atoms with Gasteiger partial charge in [0, 0.05) is 0 Å². The van der Waals surface area contributed by atoms with Crippen molar-refractivity contribution in [3.63, 3.8) is 0 Å². The Morgan fingerprint density at radius 1 is 0.822 bits per heavy atom. The zero-order valence-electron chi connectivity index (χ0n) is 28.7. The normalized spacial score (nSPS) is 14.8. The summed E-state index contributed by atoms with van der Waals surface area (Å²) in [6, 6.07) is 30.1. The third-order valence-corrected chi connectivity index (χ3v) is 9.14. The Morgan fingerprint density at radius 3 is 2.02 bits per heavy atom. The Labute approximate surface area is 301 Å². The Hall–Kier alpha value is -2.05. The summed E-state index contributed by atoms with van der Waals surface area (Å²) in [5.41, 5.74) is 12.9. The van der Waals surface area contributed by atoms with Gasteiger partial charge in [0.15, 0.2) is 0 Å². The summed E-state index contributed by atoms with van der Waals surface area (Å²) >= 11 is 1.46. The minimum absolute atomic E-state index is 0. The van der Waals surface area contributed by atoms with Crippen molar-refractivity contribution in [3.8, 4) is 11.1 Å². The number of hydrogen-bond acceptors (Lipinski definition) is 0. The molecule has 3 heteroatoms. The van der Waals surface area contributed by atoms with E-state index in [1.54, 1.807) is 0 Å². The molecule has 0 aliphatic heterocycles. The molecule has 0 saturated carbocycles. The van der Waals surface area contributed by atoms with Gasteiger partial charge in [-0.05, 0) is 28.4 Å². The van der Waals surface area contributed by atoms with E-state index in [9.17, 15) is 0 Å². The molecular formula is C42H48Cl2Zr-2. The third kappa shape index (κ3) is 9.73. The van der Waals surface area contributed by atoms with Crippen LogP contribution in [-0.2, 0) is 41.5 Å². The molecule has 0 amide bonds. The predicted octanol–water partition coefficient (Wildman–Crippen LogP) is 5.17. The van der Waals surface area contributed by atoms with Gasteiger partial charge in [0.1, 0.15) is 0 Å². The number of rotatable bonds is 2. The first-order valence-corrected chi connectivity index (χ1v) is 17.1. The number of allylic oxidation sites excluding steroid dienone is 4. The molecular weight excluding hydrogens is 667 g/mol. The molecule has 0 nitrogen and oxygen atoms in total.